The van der Waals surface area contributed by atoms with Crippen molar-refractivity contribution in [3.8, 4) is 0 Å². The van der Waals surface area contributed by atoms with E-state index in [1.54, 1.807) is 24.4 Å². The average Bonchev–Trinajstić information content (AvgIpc) is 2.46. The van der Waals surface area contributed by atoms with Gasteiger partial charge in [-0.2, -0.15) is 0 Å². The number of aliphatic hydroxyl groups is 1. The molecular formula is C13H14N2O5S. The van der Waals surface area contributed by atoms with Gasteiger partial charge in [0.2, 0.25) is 10.0 Å². The van der Waals surface area contributed by atoms with Crippen molar-refractivity contribution in [2.45, 2.75) is 17.4 Å². The van der Waals surface area contributed by atoms with Crippen molar-refractivity contribution < 1.29 is 23.4 Å². The Bertz CT molecular complexity index is 755. The molecule has 1 aromatic heterocycles. The third-order valence-electron chi connectivity index (χ3n) is 2.93. The smallest absolute Gasteiger partial charge is 0.332 e. The maximum atomic E-state index is 12.2. The molecule has 0 fully saturated rings. The predicted octanol–water partition coefficient (Wildman–Crippen LogP) is 0.349. The molecule has 0 bridgehead atoms. The molecule has 0 aliphatic heterocycles. The molecule has 0 saturated heterocycles. The second kappa shape index (κ2) is 6.17. The maximum Gasteiger partial charge on any atom is 0.332 e. The number of fused-ring (bicyclic) bond motifs is 1. The Hall–Kier alpha value is -2.03. The summed E-state index contributed by atoms with van der Waals surface area (Å²) in [7, 11) is -3.79. The summed E-state index contributed by atoms with van der Waals surface area (Å²) in [6.45, 7) is -0.169. The summed E-state index contributed by atoms with van der Waals surface area (Å²) in [5.74, 6) is -1.38. The van der Waals surface area contributed by atoms with Gasteiger partial charge in [-0.1, -0.05) is 12.1 Å². The van der Waals surface area contributed by atoms with Gasteiger partial charge >= 0.3 is 5.97 Å². The Balaban J connectivity index is 2.20. The number of hydrogen-bond donors (Lipinski definition) is 3. The molecule has 21 heavy (non-hydrogen) atoms. The van der Waals surface area contributed by atoms with E-state index in [0.29, 0.717) is 10.8 Å². The summed E-state index contributed by atoms with van der Waals surface area (Å²) >= 11 is 0. The Morgan fingerprint density at radius 1 is 1.33 bits per heavy atom. The van der Waals surface area contributed by atoms with Crippen LogP contribution >= 0.6 is 0 Å². The van der Waals surface area contributed by atoms with Crippen LogP contribution in [0, 0.1) is 0 Å². The molecule has 0 aliphatic carbocycles. The largest absolute Gasteiger partial charge is 0.479 e. The first-order valence-corrected chi connectivity index (χ1v) is 7.63. The normalized spacial score (nSPS) is 13.2. The van der Waals surface area contributed by atoms with Crippen LogP contribution < -0.4 is 4.72 Å². The van der Waals surface area contributed by atoms with E-state index < -0.39 is 22.1 Å². The lowest BCUT2D eigenvalue weighted by atomic mass is 10.2. The summed E-state index contributed by atoms with van der Waals surface area (Å²) < 4.78 is 26.8. The van der Waals surface area contributed by atoms with Gasteiger partial charge in [-0.25, -0.2) is 17.9 Å². The van der Waals surface area contributed by atoms with Gasteiger partial charge in [0.25, 0.3) is 0 Å². The first-order valence-electron chi connectivity index (χ1n) is 6.15. The minimum Gasteiger partial charge on any atom is -0.479 e. The van der Waals surface area contributed by atoms with Gasteiger partial charge in [0.15, 0.2) is 6.10 Å². The molecule has 7 nitrogen and oxygen atoms in total. The topological polar surface area (TPSA) is 117 Å². The number of aromatic nitrogens is 1. The summed E-state index contributed by atoms with van der Waals surface area (Å²) in [6.07, 6.45) is 1.25. The third-order valence-corrected chi connectivity index (χ3v) is 4.44. The SMILES string of the molecule is O=C(O)C(O)CCNS(=O)(=O)c1cccc2cnccc12. The molecule has 112 valence electrons. The molecule has 0 saturated carbocycles. The molecule has 1 unspecified atom stereocenters. The maximum absolute atomic E-state index is 12.2. The predicted molar refractivity (Wildman–Crippen MR) is 75.2 cm³/mol. The molecule has 1 atom stereocenters. The summed E-state index contributed by atoms with van der Waals surface area (Å²) in [5.41, 5.74) is 0. The lowest BCUT2D eigenvalue weighted by Gasteiger charge is -2.10. The molecule has 2 aromatic rings. The number of carbonyl (C=O) groups is 1. The van der Waals surface area contributed by atoms with E-state index >= 15 is 0 Å². The second-order valence-electron chi connectivity index (χ2n) is 4.39. The number of sulfonamides is 1. The van der Waals surface area contributed by atoms with Crippen LogP contribution in [-0.2, 0) is 14.8 Å². The highest BCUT2D eigenvalue weighted by Crippen LogP contribution is 2.21. The van der Waals surface area contributed by atoms with Crippen molar-refractivity contribution >= 4 is 26.8 Å². The number of aliphatic carboxylic acids is 1. The molecule has 0 radical (unpaired) electrons. The van der Waals surface area contributed by atoms with Gasteiger partial charge in [0.05, 0.1) is 4.90 Å². The quantitative estimate of drug-likeness (QED) is 0.709. The summed E-state index contributed by atoms with van der Waals surface area (Å²) in [4.78, 5) is 14.5. The fourth-order valence-corrected chi connectivity index (χ4v) is 3.13. The van der Waals surface area contributed by atoms with Crippen LogP contribution in [0.3, 0.4) is 0 Å². The van der Waals surface area contributed by atoms with E-state index in [-0.39, 0.29) is 17.9 Å². The van der Waals surface area contributed by atoms with E-state index in [0.717, 1.165) is 0 Å². The summed E-state index contributed by atoms with van der Waals surface area (Å²) in [6, 6.07) is 6.40. The Labute approximate surface area is 121 Å². The van der Waals surface area contributed by atoms with E-state index in [1.807, 2.05) is 0 Å². The second-order valence-corrected chi connectivity index (χ2v) is 6.13. The van der Waals surface area contributed by atoms with Gasteiger partial charge < -0.3 is 10.2 Å². The lowest BCUT2D eigenvalue weighted by molar-refractivity contribution is -0.146. The van der Waals surface area contributed by atoms with Crippen LogP contribution in [0.5, 0.6) is 0 Å². The number of rotatable bonds is 6. The van der Waals surface area contributed by atoms with Gasteiger partial charge in [0, 0.05) is 29.7 Å². The van der Waals surface area contributed by atoms with Crippen LogP contribution in [0.15, 0.2) is 41.6 Å². The van der Waals surface area contributed by atoms with Crippen molar-refractivity contribution in [3.63, 3.8) is 0 Å². The van der Waals surface area contributed by atoms with Crippen molar-refractivity contribution in [3.05, 3.63) is 36.7 Å². The fourth-order valence-electron chi connectivity index (χ4n) is 1.86. The average molecular weight is 310 g/mol. The minimum atomic E-state index is -3.79. The summed E-state index contributed by atoms with van der Waals surface area (Å²) in [5, 5.41) is 18.9. The number of carboxylic acid groups (broad SMARTS) is 1. The van der Waals surface area contributed by atoms with E-state index in [9.17, 15) is 13.2 Å². The van der Waals surface area contributed by atoms with Gasteiger partial charge in [-0.3, -0.25) is 4.98 Å². The Morgan fingerprint density at radius 3 is 2.81 bits per heavy atom. The van der Waals surface area contributed by atoms with Gasteiger partial charge in [-0.05, 0) is 18.6 Å². The molecule has 1 aromatic carbocycles. The molecule has 1 heterocycles. The molecule has 2 rings (SSSR count). The highest BCUT2D eigenvalue weighted by molar-refractivity contribution is 7.89. The first kappa shape index (κ1) is 15.4. The van der Waals surface area contributed by atoms with Crippen LogP contribution in [0.25, 0.3) is 10.8 Å². The Kier molecular flexibility index (Phi) is 4.51. The number of carboxylic acids is 1. The van der Waals surface area contributed by atoms with Crippen LogP contribution in [0.1, 0.15) is 6.42 Å². The number of benzene rings is 1. The molecule has 3 N–H and O–H groups in total. The van der Waals surface area contributed by atoms with Gasteiger partial charge in [-0.15, -0.1) is 0 Å². The number of nitrogens with zero attached hydrogens (tertiary/aromatic N) is 1. The number of aliphatic hydroxyl groups excluding tert-OH is 1. The van der Waals surface area contributed by atoms with Crippen molar-refractivity contribution in [2.75, 3.05) is 6.54 Å². The number of nitrogens with one attached hydrogen (secondary N) is 1. The van der Waals surface area contributed by atoms with Crippen LogP contribution in [0.4, 0.5) is 0 Å². The van der Waals surface area contributed by atoms with Crippen LogP contribution in [0.2, 0.25) is 0 Å². The van der Waals surface area contributed by atoms with Gasteiger partial charge in [0.1, 0.15) is 0 Å². The zero-order valence-corrected chi connectivity index (χ0v) is 11.7. The van der Waals surface area contributed by atoms with E-state index in [2.05, 4.69) is 9.71 Å². The van der Waals surface area contributed by atoms with Crippen molar-refractivity contribution in [2.24, 2.45) is 0 Å². The Morgan fingerprint density at radius 2 is 2.10 bits per heavy atom. The fraction of sp³-hybridized carbons (Fsp3) is 0.231. The monoisotopic (exact) mass is 310 g/mol. The highest BCUT2D eigenvalue weighted by Gasteiger charge is 2.19. The molecule has 0 aliphatic rings. The van der Waals surface area contributed by atoms with Crippen LogP contribution in [-0.4, -0.2) is 42.2 Å². The lowest BCUT2D eigenvalue weighted by Crippen LogP contribution is -2.30. The standard InChI is InChI=1S/C13H14N2O5S/c16-11(13(17)18)5-7-15-21(19,20)12-3-1-2-9-8-14-6-4-10(9)12/h1-4,6,8,11,15-16H,5,7H2,(H,17,18). The molecule has 0 spiro atoms. The van der Waals surface area contributed by atoms with Crippen molar-refractivity contribution in [1.29, 1.82) is 0 Å². The molecule has 8 heteroatoms. The highest BCUT2D eigenvalue weighted by atomic mass is 32.2. The zero-order valence-electron chi connectivity index (χ0n) is 10.9. The molecule has 0 amide bonds. The minimum absolute atomic E-state index is 0.0900. The van der Waals surface area contributed by atoms with E-state index in [1.165, 1.54) is 12.3 Å². The van der Waals surface area contributed by atoms with Crippen molar-refractivity contribution in [1.82, 2.24) is 9.71 Å². The number of pyridine rings is 1. The molecular weight excluding hydrogens is 296 g/mol. The zero-order chi connectivity index (χ0) is 15.5. The van der Waals surface area contributed by atoms with E-state index in [4.69, 9.17) is 10.2 Å². The third kappa shape index (κ3) is 3.54. The number of hydrogen-bond acceptors (Lipinski definition) is 5. The first-order chi connectivity index (χ1) is 9.92.